The average Bonchev–Trinajstić information content (AvgIpc) is 2.97. The van der Waals surface area contributed by atoms with Crippen LogP contribution in [-0.2, 0) is 11.8 Å². The number of H-pyrrole nitrogens is 1. The first kappa shape index (κ1) is 10.3. The first-order valence-corrected chi connectivity index (χ1v) is 5.89. The maximum absolute atomic E-state index is 12.6. The van der Waals surface area contributed by atoms with E-state index >= 15 is 0 Å². The summed E-state index contributed by atoms with van der Waals surface area (Å²) in [6.45, 7) is 2.06. The predicted octanol–water partition coefficient (Wildman–Crippen LogP) is 2.50. The SMILES string of the molecule is CCC1(c2cnc[nH]2)Cc2ccccc2C1=O. The Kier molecular flexibility index (Phi) is 2.15. The van der Waals surface area contributed by atoms with E-state index < -0.39 is 5.41 Å². The second kappa shape index (κ2) is 3.55. The zero-order valence-electron chi connectivity index (χ0n) is 9.73. The van der Waals surface area contributed by atoms with Crippen LogP contribution in [0, 0.1) is 0 Å². The van der Waals surface area contributed by atoms with Gasteiger partial charge in [-0.1, -0.05) is 31.2 Å². The number of hydrogen-bond acceptors (Lipinski definition) is 2. The highest BCUT2D eigenvalue weighted by Gasteiger charge is 2.46. The van der Waals surface area contributed by atoms with Crippen molar-refractivity contribution in [1.29, 1.82) is 0 Å². The molecule has 3 heteroatoms. The van der Waals surface area contributed by atoms with Gasteiger partial charge in [0.05, 0.1) is 11.7 Å². The lowest BCUT2D eigenvalue weighted by molar-refractivity contribution is 0.0895. The third-order valence-electron chi connectivity index (χ3n) is 3.81. The highest BCUT2D eigenvalue weighted by molar-refractivity contribution is 6.08. The first-order chi connectivity index (χ1) is 8.28. The van der Waals surface area contributed by atoms with Gasteiger partial charge in [0.25, 0.3) is 0 Å². The second-order valence-electron chi connectivity index (χ2n) is 4.56. The van der Waals surface area contributed by atoms with E-state index in [2.05, 4.69) is 16.9 Å². The number of aromatic nitrogens is 2. The topological polar surface area (TPSA) is 45.8 Å². The van der Waals surface area contributed by atoms with Crippen LogP contribution in [0.1, 0.15) is 35.0 Å². The molecule has 1 unspecified atom stereocenters. The summed E-state index contributed by atoms with van der Waals surface area (Å²) < 4.78 is 0. The van der Waals surface area contributed by atoms with Gasteiger partial charge in [-0.15, -0.1) is 0 Å². The quantitative estimate of drug-likeness (QED) is 0.855. The van der Waals surface area contributed by atoms with E-state index in [4.69, 9.17) is 0 Å². The van der Waals surface area contributed by atoms with E-state index in [9.17, 15) is 4.79 Å². The molecular formula is C14H14N2O. The van der Waals surface area contributed by atoms with Gasteiger partial charge in [0.15, 0.2) is 5.78 Å². The second-order valence-corrected chi connectivity index (χ2v) is 4.56. The van der Waals surface area contributed by atoms with E-state index in [-0.39, 0.29) is 5.78 Å². The maximum Gasteiger partial charge on any atom is 0.175 e. The fraction of sp³-hybridized carbons (Fsp3) is 0.286. The Labute approximate surface area is 99.9 Å². The molecule has 17 heavy (non-hydrogen) atoms. The Morgan fingerprint density at radius 3 is 2.88 bits per heavy atom. The summed E-state index contributed by atoms with van der Waals surface area (Å²) in [6, 6.07) is 7.88. The lowest BCUT2D eigenvalue weighted by Gasteiger charge is -2.23. The Morgan fingerprint density at radius 1 is 1.41 bits per heavy atom. The summed E-state index contributed by atoms with van der Waals surface area (Å²) in [6.07, 6.45) is 4.99. The monoisotopic (exact) mass is 226 g/mol. The number of rotatable bonds is 2. The third kappa shape index (κ3) is 1.28. The van der Waals surface area contributed by atoms with Gasteiger partial charge < -0.3 is 4.98 Å². The van der Waals surface area contributed by atoms with Crippen LogP contribution in [0.3, 0.4) is 0 Å². The standard InChI is InChI=1S/C14H14N2O/c1-2-14(12-8-15-9-16-12)7-10-5-3-4-6-11(10)13(14)17/h3-6,8-9H,2,7H2,1H3,(H,15,16). The normalized spacial score (nSPS) is 22.8. The Balaban J connectivity index is 2.15. The van der Waals surface area contributed by atoms with Gasteiger partial charge in [-0.25, -0.2) is 4.98 Å². The van der Waals surface area contributed by atoms with Crippen molar-refractivity contribution in [2.24, 2.45) is 0 Å². The molecule has 0 saturated heterocycles. The summed E-state index contributed by atoms with van der Waals surface area (Å²) in [4.78, 5) is 19.8. The number of nitrogens with zero attached hydrogens (tertiary/aromatic N) is 1. The molecule has 0 saturated carbocycles. The average molecular weight is 226 g/mol. The number of aromatic amines is 1. The van der Waals surface area contributed by atoms with Gasteiger partial charge >= 0.3 is 0 Å². The summed E-state index contributed by atoms with van der Waals surface area (Å²) in [7, 11) is 0. The highest BCUT2D eigenvalue weighted by Crippen LogP contribution is 2.41. The van der Waals surface area contributed by atoms with E-state index in [0.29, 0.717) is 0 Å². The van der Waals surface area contributed by atoms with E-state index in [1.54, 1.807) is 12.5 Å². The molecule has 0 aliphatic heterocycles. The van der Waals surface area contributed by atoms with Gasteiger partial charge in [-0.05, 0) is 18.4 Å². The molecule has 1 aliphatic carbocycles. The van der Waals surface area contributed by atoms with Gasteiger partial charge in [-0.2, -0.15) is 0 Å². The number of imidazole rings is 1. The minimum Gasteiger partial charge on any atom is -0.348 e. The molecule has 1 heterocycles. The van der Waals surface area contributed by atoms with Crippen LogP contribution in [0.4, 0.5) is 0 Å². The van der Waals surface area contributed by atoms with Crippen molar-refractivity contribution >= 4 is 5.78 Å². The van der Waals surface area contributed by atoms with Crippen molar-refractivity contribution in [2.45, 2.75) is 25.2 Å². The fourth-order valence-electron chi connectivity index (χ4n) is 2.77. The summed E-state index contributed by atoms with van der Waals surface area (Å²) in [5, 5.41) is 0. The van der Waals surface area contributed by atoms with Gasteiger partial charge in [0, 0.05) is 17.5 Å². The van der Waals surface area contributed by atoms with Crippen molar-refractivity contribution in [2.75, 3.05) is 0 Å². The molecule has 1 aromatic carbocycles. The lowest BCUT2D eigenvalue weighted by atomic mass is 9.78. The third-order valence-corrected chi connectivity index (χ3v) is 3.81. The molecule has 2 aromatic rings. The largest absolute Gasteiger partial charge is 0.348 e. The number of hydrogen-bond donors (Lipinski definition) is 1. The van der Waals surface area contributed by atoms with Crippen LogP contribution in [0.25, 0.3) is 0 Å². The van der Waals surface area contributed by atoms with Crippen molar-refractivity contribution in [3.63, 3.8) is 0 Å². The molecule has 1 N–H and O–H groups in total. The molecule has 0 amide bonds. The van der Waals surface area contributed by atoms with Crippen LogP contribution in [0.2, 0.25) is 0 Å². The number of nitrogens with one attached hydrogen (secondary N) is 1. The number of carbonyl (C=O) groups is 1. The van der Waals surface area contributed by atoms with Crippen LogP contribution in [0.15, 0.2) is 36.8 Å². The molecule has 3 nitrogen and oxygen atoms in total. The van der Waals surface area contributed by atoms with Gasteiger partial charge in [-0.3, -0.25) is 4.79 Å². The first-order valence-electron chi connectivity index (χ1n) is 5.89. The Morgan fingerprint density at radius 2 is 2.24 bits per heavy atom. The molecule has 0 radical (unpaired) electrons. The van der Waals surface area contributed by atoms with E-state index in [1.807, 2.05) is 24.3 Å². The molecule has 3 rings (SSSR count). The zero-order valence-corrected chi connectivity index (χ0v) is 9.73. The van der Waals surface area contributed by atoms with Crippen molar-refractivity contribution < 1.29 is 4.79 Å². The highest BCUT2D eigenvalue weighted by atomic mass is 16.1. The zero-order chi connectivity index (χ0) is 11.9. The number of benzene rings is 1. The Bertz CT molecular complexity index is 559. The molecule has 0 spiro atoms. The fourth-order valence-corrected chi connectivity index (χ4v) is 2.77. The molecule has 1 aliphatic rings. The van der Waals surface area contributed by atoms with E-state index in [0.717, 1.165) is 29.7 Å². The van der Waals surface area contributed by atoms with Crippen molar-refractivity contribution in [1.82, 2.24) is 9.97 Å². The predicted molar refractivity (Wildman–Crippen MR) is 65.0 cm³/mol. The Hall–Kier alpha value is -1.90. The van der Waals surface area contributed by atoms with Gasteiger partial charge in [0.1, 0.15) is 0 Å². The lowest BCUT2D eigenvalue weighted by Crippen LogP contribution is -2.32. The minimum absolute atomic E-state index is 0.222. The molecule has 1 atom stereocenters. The summed E-state index contributed by atoms with van der Waals surface area (Å²) in [5.74, 6) is 0.222. The maximum atomic E-state index is 12.6. The molecule has 86 valence electrons. The number of fused-ring (bicyclic) bond motifs is 1. The summed E-state index contributed by atoms with van der Waals surface area (Å²) in [5.41, 5.74) is 2.51. The molecule has 0 bridgehead atoms. The van der Waals surface area contributed by atoms with E-state index in [1.165, 1.54) is 0 Å². The molecule has 0 fully saturated rings. The van der Waals surface area contributed by atoms with Crippen LogP contribution >= 0.6 is 0 Å². The minimum atomic E-state index is -0.430. The number of ketones is 1. The van der Waals surface area contributed by atoms with Crippen LogP contribution < -0.4 is 0 Å². The smallest absolute Gasteiger partial charge is 0.175 e. The molecule has 1 aromatic heterocycles. The molecular weight excluding hydrogens is 212 g/mol. The van der Waals surface area contributed by atoms with Crippen molar-refractivity contribution in [3.05, 3.63) is 53.6 Å². The van der Waals surface area contributed by atoms with Crippen LogP contribution in [0.5, 0.6) is 0 Å². The summed E-state index contributed by atoms with van der Waals surface area (Å²) >= 11 is 0. The number of carbonyl (C=O) groups excluding carboxylic acids is 1. The van der Waals surface area contributed by atoms with Crippen molar-refractivity contribution in [3.8, 4) is 0 Å². The number of Topliss-reactive ketones (excluding diaryl/α,β-unsaturated/α-hetero) is 1. The van der Waals surface area contributed by atoms with Gasteiger partial charge in [0.2, 0.25) is 0 Å². The van der Waals surface area contributed by atoms with Crippen LogP contribution in [-0.4, -0.2) is 15.8 Å².